The first-order chi connectivity index (χ1) is 7.20. The van der Waals surface area contributed by atoms with Gasteiger partial charge in [0, 0.05) is 6.54 Å². The topological polar surface area (TPSA) is 90.4 Å². The lowest BCUT2D eigenvalue weighted by Crippen LogP contribution is -2.79. The minimum Gasteiger partial charge on any atom is -0.357 e. The molecule has 0 bridgehead atoms. The van der Waals surface area contributed by atoms with Crippen LogP contribution in [0.15, 0.2) is 4.99 Å². The monoisotopic (exact) mass is 214 g/mol. The molecular formula is C10H24N5+. The summed E-state index contributed by atoms with van der Waals surface area (Å²) in [5, 5.41) is 2.81. The Morgan fingerprint density at radius 2 is 1.87 bits per heavy atom. The Labute approximate surface area is 92.0 Å². The van der Waals surface area contributed by atoms with Crippen LogP contribution in [-0.2, 0) is 0 Å². The summed E-state index contributed by atoms with van der Waals surface area (Å²) in [6, 6.07) is 0. The second kappa shape index (κ2) is 9.30. The molecule has 0 aliphatic rings. The summed E-state index contributed by atoms with van der Waals surface area (Å²) < 4.78 is 0. The van der Waals surface area contributed by atoms with Gasteiger partial charge in [0.1, 0.15) is 0 Å². The zero-order valence-electron chi connectivity index (χ0n) is 9.84. The average molecular weight is 214 g/mol. The van der Waals surface area contributed by atoms with Gasteiger partial charge in [-0.3, -0.25) is 10.7 Å². The van der Waals surface area contributed by atoms with Crippen LogP contribution in [0.25, 0.3) is 0 Å². The second-order valence-corrected chi connectivity index (χ2v) is 3.44. The molecule has 0 fully saturated rings. The normalized spacial score (nSPS) is 12.9. The molecule has 0 aromatic heterocycles. The van der Waals surface area contributed by atoms with Gasteiger partial charge >= 0.3 is 5.96 Å². The SMILES string of the molecule is CCCCN=C(N)NC(N)=[NH+]CCCC. The third-order valence-corrected chi connectivity index (χ3v) is 1.90. The highest BCUT2D eigenvalue weighted by Crippen LogP contribution is 1.85. The van der Waals surface area contributed by atoms with Gasteiger partial charge in [0.05, 0.1) is 6.54 Å². The summed E-state index contributed by atoms with van der Waals surface area (Å²) in [7, 11) is 0. The molecule has 0 saturated heterocycles. The molecule has 5 heteroatoms. The number of hydrogen-bond donors (Lipinski definition) is 4. The van der Waals surface area contributed by atoms with Gasteiger partial charge in [-0.1, -0.05) is 26.7 Å². The second-order valence-electron chi connectivity index (χ2n) is 3.44. The molecule has 5 nitrogen and oxygen atoms in total. The van der Waals surface area contributed by atoms with E-state index < -0.39 is 0 Å². The molecule has 88 valence electrons. The lowest BCUT2D eigenvalue weighted by atomic mass is 10.3. The lowest BCUT2D eigenvalue weighted by Gasteiger charge is -1.98. The molecule has 15 heavy (non-hydrogen) atoms. The zero-order chi connectivity index (χ0) is 11.5. The number of unbranched alkanes of at least 4 members (excludes halogenated alkanes) is 2. The van der Waals surface area contributed by atoms with Crippen LogP contribution in [0, 0.1) is 0 Å². The van der Waals surface area contributed by atoms with Gasteiger partial charge < -0.3 is 5.73 Å². The Morgan fingerprint density at radius 3 is 2.47 bits per heavy atom. The predicted octanol–water partition coefficient (Wildman–Crippen LogP) is -1.11. The summed E-state index contributed by atoms with van der Waals surface area (Å²) >= 11 is 0. The highest BCUT2D eigenvalue weighted by molar-refractivity contribution is 5.94. The van der Waals surface area contributed by atoms with E-state index in [9.17, 15) is 0 Å². The Hall–Kier alpha value is -1.26. The summed E-state index contributed by atoms with van der Waals surface area (Å²) in [4.78, 5) is 7.15. The van der Waals surface area contributed by atoms with Crippen molar-refractivity contribution in [1.82, 2.24) is 5.32 Å². The van der Waals surface area contributed by atoms with Crippen molar-refractivity contribution < 1.29 is 4.99 Å². The summed E-state index contributed by atoms with van der Waals surface area (Å²) in [6.07, 6.45) is 4.39. The van der Waals surface area contributed by atoms with E-state index in [0.717, 1.165) is 38.8 Å². The fourth-order valence-electron chi connectivity index (χ4n) is 0.979. The Kier molecular flexibility index (Phi) is 8.52. The van der Waals surface area contributed by atoms with E-state index in [2.05, 4.69) is 29.1 Å². The standard InChI is InChI=1S/C10H23N5/c1-3-5-7-13-9(11)15-10(12)14-8-6-4-2/h3-8H2,1-2H3,(H5,11,12,13,14,15)/p+1. The number of hydrogen-bond acceptors (Lipinski definition) is 1. The van der Waals surface area contributed by atoms with Gasteiger partial charge in [-0.05, 0) is 12.8 Å². The van der Waals surface area contributed by atoms with Gasteiger partial charge in [-0.2, -0.15) is 0 Å². The van der Waals surface area contributed by atoms with E-state index >= 15 is 0 Å². The zero-order valence-corrected chi connectivity index (χ0v) is 9.84. The summed E-state index contributed by atoms with van der Waals surface area (Å²) in [5.41, 5.74) is 11.3. The number of guanidine groups is 2. The highest BCUT2D eigenvalue weighted by Gasteiger charge is 2.00. The van der Waals surface area contributed by atoms with Gasteiger partial charge in [-0.25, -0.2) is 10.3 Å². The molecule has 0 heterocycles. The predicted molar refractivity (Wildman–Crippen MR) is 64.5 cm³/mol. The van der Waals surface area contributed by atoms with Crippen LogP contribution >= 0.6 is 0 Å². The number of nitrogens with zero attached hydrogens (tertiary/aromatic N) is 1. The van der Waals surface area contributed by atoms with E-state index in [1.807, 2.05) is 0 Å². The van der Waals surface area contributed by atoms with Crippen molar-refractivity contribution in [3.63, 3.8) is 0 Å². The first-order valence-electron chi connectivity index (χ1n) is 5.63. The third-order valence-electron chi connectivity index (χ3n) is 1.90. The average Bonchev–Trinajstić information content (AvgIpc) is 2.18. The van der Waals surface area contributed by atoms with E-state index in [-0.39, 0.29) is 0 Å². The number of aliphatic imine (C=N–C) groups is 1. The molecule has 0 radical (unpaired) electrons. The van der Waals surface area contributed by atoms with Crippen LogP contribution in [0.2, 0.25) is 0 Å². The van der Waals surface area contributed by atoms with Gasteiger partial charge in [-0.15, -0.1) is 0 Å². The lowest BCUT2D eigenvalue weighted by molar-refractivity contribution is -0.460. The van der Waals surface area contributed by atoms with Crippen molar-refractivity contribution in [3.8, 4) is 0 Å². The molecule has 0 amide bonds. The molecule has 0 atom stereocenters. The van der Waals surface area contributed by atoms with Gasteiger partial charge in [0.15, 0.2) is 0 Å². The molecule has 6 N–H and O–H groups in total. The number of nitrogens with one attached hydrogen (secondary N) is 2. The molecule has 0 aliphatic heterocycles. The maximum Gasteiger partial charge on any atom is 0.348 e. The van der Waals surface area contributed by atoms with Crippen molar-refractivity contribution >= 4 is 11.9 Å². The van der Waals surface area contributed by atoms with Crippen LogP contribution in [0.5, 0.6) is 0 Å². The van der Waals surface area contributed by atoms with Crippen molar-refractivity contribution in [2.75, 3.05) is 13.1 Å². The molecule has 0 aromatic carbocycles. The van der Waals surface area contributed by atoms with Crippen molar-refractivity contribution in [2.24, 2.45) is 16.5 Å². The molecule has 0 aromatic rings. The Morgan fingerprint density at radius 1 is 1.20 bits per heavy atom. The molecular weight excluding hydrogens is 190 g/mol. The maximum absolute atomic E-state index is 5.65. The molecule has 0 saturated carbocycles. The number of rotatable bonds is 6. The first-order valence-corrected chi connectivity index (χ1v) is 5.63. The van der Waals surface area contributed by atoms with E-state index in [0.29, 0.717) is 11.9 Å². The van der Waals surface area contributed by atoms with Crippen LogP contribution in [0.4, 0.5) is 0 Å². The smallest absolute Gasteiger partial charge is 0.348 e. The van der Waals surface area contributed by atoms with Crippen LogP contribution in [0.3, 0.4) is 0 Å². The fraction of sp³-hybridized carbons (Fsp3) is 0.800. The van der Waals surface area contributed by atoms with Crippen molar-refractivity contribution in [1.29, 1.82) is 0 Å². The van der Waals surface area contributed by atoms with E-state index in [4.69, 9.17) is 11.5 Å². The van der Waals surface area contributed by atoms with E-state index in [1.54, 1.807) is 0 Å². The molecule has 0 aliphatic carbocycles. The third kappa shape index (κ3) is 9.05. The minimum absolute atomic E-state index is 0.380. The van der Waals surface area contributed by atoms with Crippen LogP contribution < -0.4 is 21.8 Å². The van der Waals surface area contributed by atoms with Gasteiger partial charge in [0.25, 0.3) is 5.96 Å². The molecule has 0 rings (SSSR count). The highest BCUT2D eigenvalue weighted by atomic mass is 15.2. The minimum atomic E-state index is 0.380. The van der Waals surface area contributed by atoms with Gasteiger partial charge in [0.2, 0.25) is 0 Å². The Bertz CT molecular complexity index is 188. The fourth-order valence-corrected chi connectivity index (χ4v) is 0.979. The quantitative estimate of drug-likeness (QED) is 0.257. The van der Waals surface area contributed by atoms with Crippen molar-refractivity contribution in [2.45, 2.75) is 39.5 Å². The molecule has 0 unspecified atom stereocenters. The number of nitrogens with two attached hydrogens (primary N) is 2. The van der Waals surface area contributed by atoms with E-state index in [1.165, 1.54) is 0 Å². The molecule has 0 spiro atoms. The van der Waals surface area contributed by atoms with Crippen molar-refractivity contribution in [3.05, 3.63) is 0 Å². The first kappa shape index (κ1) is 13.7. The largest absolute Gasteiger partial charge is 0.357 e. The van der Waals surface area contributed by atoms with Crippen LogP contribution in [0.1, 0.15) is 39.5 Å². The summed E-state index contributed by atoms with van der Waals surface area (Å²) in [6.45, 7) is 5.85. The van der Waals surface area contributed by atoms with Crippen LogP contribution in [-0.4, -0.2) is 25.0 Å². The maximum atomic E-state index is 5.65. The Balaban J connectivity index is 3.78. The summed E-state index contributed by atoms with van der Waals surface area (Å²) in [5.74, 6) is 0.853.